The highest BCUT2D eigenvalue weighted by Crippen LogP contribution is 2.52. The van der Waals surface area contributed by atoms with E-state index in [2.05, 4.69) is 29.1 Å². The van der Waals surface area contributed by atoms with Gasteiger partial charge in [0.25, 0.3) is 0 Å². The summed E-state index contributed by atoms with van der Waals surface area (Å²) in [7, 11) is 0. The molecule has 1 aliphatic heterocycles. The first-order valence-corrected chi connectivity index (χ1v) is 11.6. The summed E-state index contributed by atoms with van der Waals surface area (Å²) in [5, 5.41) is 3.41. The van der Waals surface area contributed by atoms with Crippen molar-refractivity contribution in [3.63, 3.8) is 0 Å². The van der Waals surface area contributed by atoms with Crippen LogP contribution >= 0.6 is 0 Å². The van der Waals surface area contributed by atoms with E-state index in [0.29, 0.717) is 35.4 Å². The number of pyridine rings is 2. The van der Waals surface area contributed by atoms with Gasteiger partial charge in [0.1, 0.15) is 5.82 Å². The Morgan fingerprint density at radius 1 is 1.03 bits per heavy atom. The van der Waals surface area contributed by atoms with Crippen molar-refractivity contribution in [2.75, 3.05) is 5.32 Å². The predicted molar refractivity (Wildman–Crippen MR) is 129 cm³/mol. The van der Waals surface area contributed by atoms with Gasteiger partial charge < -0.3 is 5.32 Å². The zero-order valence-corrected chi connectivity index (χ0v) is 19.8. The molecule has 0 saturated carbocycles. The summed E-state index contributed by atoms with van der Waals surface area (Å²) in [6.45, 7) is 6.17. The summed E-state index contributed by atoms with van der Waals surface area (Å²) in [5.74, 6) is 0.777. The summed E-state index contributed by atoms with van der Waals surface area (Å²) in [6, 6.07) is 12.9. The maximum Gasteiger partial charge on any atom is 0.393 e. The minimum atomic E-state index is -4.35. The van der Waals surface area contributed by atoms with E-state index in [0.717, 1.165) is 16.8 Å². The van der Waals surface area contributed by atoms with Gasteiger partial charge in [-0.15, -0.1) is 0 Å². The first-order chi connectivity index (χ1) is 16.5. The topological polar surface area (TPSA) is 54.9 Å². The molecule has 0 fully saturated rings. The van der Waals surface area contributed by atoms with Gasteiger partial charge in [0.2, 0.25) is 0 Å². The van der Waals surface area contributed by atoms with Gasteiger partial charge in [-0.05, 0) is 59.2 Å². The summed E-state index contributed by atoms with van der Waals surface area (Å²) >= 11 is 0. The molecule has 1 aromatic carbocycles. The molecule has 1 atom stereocenters. The lowest BCUT2D eigenvalue weighted by Gasteiger charge is -2.44. The van der Waals surface area contributed by atoms with Gasteiger partial charge in [0.15, 0.2) is 5.78 Å². The molecule has 4 nitrogen and oxygen atoms in total. The van der Waals surface area contributed by atoms with Crippen LogP contribution in [0.1, 0.15) is 50.3 Å². The zero-order valence-electron chi connectivity index (χ0n) is 19.8. The minimum absolute atomic E-state index is 0.0767. The van der Waals surface area contributed by atoms with Crippen LogP contribution in [0.4, 0.5) is 19.0 Å². The number of hydrogen-bond donors (Lipinski definition) is 1. The van der Waals surface area contributed by atoms with Crippen LogP contribution < -0.4 is 5.32 Å². The van der Waals surface area contributed by atoms with Crippen molar-refractivity contribution < 1.29 is 18.0 Å². The Hall–Kier alpha value is -3.48. The highest BCUT2D eigenvalue weighted by atomic mass is 19.4. The van der Waals surface area contributed by atoms with Crippen molar-refractivity contribution in [2.45, 2.75) is 51.6 Å². The number of rotatable bonds is 3. The number of carbonyl (C=O) groups excluding carboxylic acids is 1. The van der Waals surface area contributed by atoms with E-state index in [1.54, 1.807) is 18.3 Å². The maximum atomic E-state index is 13.6. The molecule has 5 rings (SSSR count). The third-order valence-corrected chi connectivity index (χ3v) is 7.04. The molecule has 2 aromatic heterocycles. The Balaban J connectivity index is 1.70. The SMILES string of the molecule is CC1(C)CC(=O)C2=C(C1)Nc1ncccc1C2(C)c1cccc(-c2ccncc2CC(F)(F)F)c1. The number of hydrogen-bond acceptors (Lipinski definition) is 4. The van der Waals surface area contributed by atoms with Crippen molar-refractivity contribution in [2.24, 2.45) is 5.41 Å². The molecule has 7 heteroatoms. The predicted octanol–water partition coefficient (Wildman–Crippen LogP) is 6.62. The highest BCUT2D eigenvalue weighted by Gasteiger charge is 2.47. The van der Waals surface area contributed by atoms with E-state index >= 15 is 0 Å². The number of anilines is 1. The first kappa shape index (κ1) is 23.3. The van der Waals surface area contributed by atoms with Crippen molar-refractivity contribution in [3.8, 4) is 11.1 Å². The number of nitrogens with one attached hydrogen (secondary N) is 1. The Kier molecular flexibility index (Phi) is 5.34. The van der Waals surface area contributed by atoms with Crippen LogP contribution in [-0.4, -0.2) is 21.9 Å². The lowest BCUT2D eigenvalue weighted by Crippen LogP contribution is -2.42. The van der Waals surface area contributed by atoms with Crippen molar-refractivity contribution >= 4 is 11.6 Å². The fourth-order valence-electron chi connectivity index (χ4n) is 5.56. The molecule has 1 N–H and O–H groups in total. The Labute approximate surface area is 202 Å². The lowest BCUT2D eigenvalue weighted by molar-refractivity contribution is -0.127. The van der Waals surface area contributed by atoms with E-state index in [9.17, 15) is 18.0 Å². The average molecular weight is 478 g/mol. The highest BCUT2D eigenvalue weighted by molar-refractivity contribution is 6.02. The van der Waals surface area contributed by atoms with Gasteiger partial charge in [-0.1, -0.05) is 38.1 Å². The molecule has 3 aromatic rings. The van der Waals surface area contributed by atoms with Crippen LogP contribution in [0, 0.1) is 5.41 Å². The molecular formula is C28H26F3N3O. The quantitative estimate of drug-likeness (QED) is 0.460. The Morgan fingerprint density at radius 2 is 1.83 bits per heavy atom. The van der Waals surface area contributed by atoms with E-state index in [1.807, 2.05) is 37.3 Å². The maximum absolute atomic E-state index is 13.6. The standard InChI is InChI=1S/C28H26F3N3O/c1-26(2)14-22-24(23(35)15-26)27(3,21-8-5-10-33-25(21)34-22)19-7-4-6-17(12-19)20-9-11-32-16-18(20)13-28(29,30)31/h4-12,16H,13-15H2,1-3H3,(H,33,34). The molecule has 1 aliphatic carbocycles. The number of ketones is 1. The summed E-state index contributed by atoms with van der Waals surface area (Å²) in [6.07, 6.45) is 0.219. The number of Topliss-reactive ketones (excluding diaryl/α,β-unsaturated/α-hetero) is 1. The van der Waals surface area contributed by atoms with E-state index in [-0.39, 0.29) is 16.8 Å². The van der Waals surface area contributed by atoms with Crippen LogP contribution in [0.3, 0.4) is 0 Å². The van der Waals surface area contributed by atoms with Gasteiger partial charge >= 0.3 is 6.18 Å². The number of halogens is 3. The molecule has 180 valence electrons. The van der Waals surface area contributed by atoms with E-state index in [4.69, 9.17) is 0 Å². The Morgan fingerprint density at radius 3 is 2.60 bits per heavy atom. The van der Waals surface area contributed by atoms with Crippen molar-refractivity contribution in [3.05, 3.63) is 89.0 Å². The molecule has 3 heterocycles. The number of alkyl halides is 3. The number of fused-ring (bicyclic) bond motifs is 1. The smallest absolute Gasteiger partial charge is 0.343 e. The second-order valence-corrected chi connectivity index (χ2v) is 10.3. The number of benzene rings is 1. The normalized spacial score (nSPS) is 21.3. The van der Waals surface area contributed by atoms with Crippen molar-refractivity contribution in [1.29, 1.82) is 0 Å². The third-order valence-electron chi connectivity index (χ3n) is 7.04. The lowest BCUT2D eigenvalue weighted by atomic mass is 9.61. The molecular weight excluding hydrogens is 451 g/mol. The second kappa shape index (κ2) is 8.04. The zero-order chi connectivity index (χ0) is 25.0. The fraction of sp³-hybridized carbons (Fsp3) is 0.321. The van der Waals surface area contributed by atoms with Crippen LogP contribution in [-0.2, 0) is 16.6 Å². The van der Waals surface area contributed by atoms with Gasteiger partial charge in [0.05, 0.1) is 11.8 Å². The summed E-state index contributed by atoms with van der Waals surface area (Å²) < 4.78 is 39.7. The fourth-order valence-corrected chi connectivity index (χ4v) is 5.56. The van der Waals surface area contributed by atoms with Gasteiger partial charge in [-0.3, -0.25) is 9.78 Å². The van der Waals surface area contributed by atoms with Gasteiger partial charge in [-0.25, -0.2) is 4.98 Å². The molecule has 0 radical (unpaired) electrons. The molecule has 0 saturated heterocycles. The molecule has 0 amide bonds. The molecule has 35 heavy (non-hydrogen) atoms. The first-order valence-electron chi connectivity index (χ1n) is 11.6. The average Bonchev–Trinajstić information content (AvgIpc) is 2.77. The van der Waals surface area contributed by atoms with Gasteiger partial charge in [0, 0.05) is 41.8 Å². The van der Waals surface area contributed by atoms with E-state index in [1.165, 1.54) is 12.4 Å². The number of carbonyl (C=O) groups is 1. The largest absolute Gasteiger partial charge is 0.393 e. The Bertz CT molecular complexity index is 1360. The number of nitrogens with zero attached hydrogens (tertiary/aromatic N) is 2. The van der Waals surface area contributed by atoms with Crippen molar-refractivity contribution in [1.82, 2.24) is 9.97 Å². The minimum Gasteiger partial charge on any atom is -0.343 e. The third kappa shape index (κ3) is 4.13. The van der Waals surface area contributed by atoms with E-state index < -0.39 is 18.0 Å². The van der Waals surface area contributed by atoms with Crippen LogP contribution in [0.15, 0.2) is 72.3 Å². The summed E-state index contributed by atoms with van der Waals surface area (Å²) in [4.78, 5) is 22.0. The summed E-state index contributed by atoms with van der Waals surface area (Å²) in [5.41, 5.74) is 3.55. The monoisotopic (exact) mass is 477 g/mol. The van der Waals surface area contributed by atoms with Crippen LogP contribution in [0.2, 0.25) is 0 Å². The van der Waals surface area contributed by atoms with Crippen LogP contribution in [0.5, 0.6) is 0 Å². The molecule has 1 unspecified atom stereocenters. The molecule has 0 bridgehead atoms. The number of aromatic nitrogens is 2. The second-order valence-electron chi connectivity index (χ2n) is 10.3. The van der Waals surface area contributed by atoms with Crippen LogP contribution in [0.25, 0.3) is 11.1 Å². The van der Waals surface area contributed by atoms with Gasteiger partial charge in [-0.2, -0.15) is 13.2 Å². The number of allylic oxidation sites excluding steroid dienone is 2. The molecule has 0 spiro atoms. The molecule has 2 aliphatic rings.